The Hall–Kier alpha value is -3.68. The molecule has 1 aliphatic heterocycles. The van der Waals surface area contributed by atoms with Crippen molar-refractivity contribution >= 4 is 33.7 Å². The number of pyridine rings is 1. The Morgan fingerprint density at radius 1 is 1.00 bits per heavy atom. The maximum atomic E-state index is 13.5. The fourth-order valence-corrected chi connectivity index (χ4v) is 4.13. The minimum atomic E-state index is -0.962. The van der Waals surface area contributed by atoms with Crippen LogP contribution in [0.2, 0.25) is 0 Å². The van der Waals surface area contributed by atoms with Gasteiger partial charge in [-0.1, -0.05) is 24.3 Å². The van der Waals surface area contributed by atoms with E-state index in [4.69, 9.17) is 0 Å². The third kappa shape index (κ3) is 3.95. The predicted molar refractivity (Wildman–Crippen MR) is 118 cm³/mol. The molecule has 8 heteroatoms. The molecule has 1 amide bonds. The minimum absolute atomic E-state index is 0.0352. The van der Waals surface area contributed by atoms with Crippen molar-refractivity contribution in [2.45, 2.75) is 25.3 Å². The van der Waals surface area contributed by atoms with E-state index in [1.54, 1.807) is 6.07 Å². The molecule has 5 rings (SSSR count). The van der Waals surface area contributed by atoms with E-state index in [0.717, 1.165) is 42.3 Å². The molecule has 1 N–H and O–H groups in total. The number of piperidine rings is 1. The largest absolute Gasteiger partial charge is 0.367 e. The number of hydrogen-bond acceptors (Lipinski definition) is 5. The fourth-order valence-electron chi connectivity index (χ4n) is 4.13. The number of benzene rings is 2. The standard InChI is InChI=1S/C24H21F2N5O/c25-17-11-21-22(12-18(17)26)30-23(14-27-21)28-13-16-6-3-4-10-31(16)24(32)20-9-8-15-5-1-2-7-19(15)29-20/h1-2,5,7-9,11-12,14,16H,3-4,6,10,13H2,(H,28,30). The molecule has 2 aromatic carbocycles. The molecule has 4 aromatic rings. The number of nitrogens with one attached hydrogen (secondary N) is 1. The quantitative estimate of drug-likeness (QED) is 0.511. The molecule has 1 saturated heterocycles. The number of nitrogens with zero attached hydrogens (tertiary/aromatic N) is 4. The zero-order valence-electron chi connectivity index (χ0n) is 17.3. The van der Waals surface area contributed by atoms with Crippen molar-refractivity contribution in [2.75, 3.05) is 18.4 Å². The van der Waals surface area contributed by atoms with Crippen molar-refractivity contribution in [3.05, 3.63) is 72.1 Å². The van der Waals surface area contributed by atoms with E-state index in [9.17, 15) is 13.6 Å². The van der Waals surface area contributed by atoms with Crippen LogP contribution in [0.1, 0.15) is 29.8 Å². The van der Waals surface area contributed by atoms with Crippen LogP contribution in [0.3, 0.4) is 0 Å². The lowest BCUT2D eigenvalue weighted by Gasteiger charge is -2.35. The molecule has 0 spiro atoms. The van der Waals surface area contributed by atoms with Gasteiger partial charge in [-0.3, -0.25) is 9.78 Å². The lowest BCUT2D eigenvalue weighted by atomic mass is 10.0. The second-order valence-electron chi connectivity index (χ2n) is 7.93. The highest BCUT2D eigenvalue weighted by Gasteiger charge is 2.28. The van der Waals surface area contributed by atoms with Crippen LogP contribution >= 0.6 is 0 Å². The molecule has 1 fully saturated rings. The van der Waals surface area contributed by atoms with E-state index in [1.165, 1.54) is 6.20 Å². The number of rotatable bonds is 4. The van der Waals surface area contributed by atoms with Gasteiger partial charge in [0.25, 0.3) is 5.91 Å². The average Bonchev–Trinajstić information content (AvgIpc) is 2.83. The number of hydrogen-bond donors (Lipinski definition) is 1. The van der Waals surface area contributed by atoms with E-state index < -0.39 is 11.6 Å². The second kappa shape index (κ2) is 8.45. The molecule has 6 nitrogen and oxygen atoms in total. The Morgan fingerprint density at radius 2 is 1.81 bits per heavy atom. The average molecular weight is 433 g/mol. The Morgan fingerprint density at radius 3 is 2.69 bits per heavy atom. The van der Waals surface area contributed by atoms with Crippen molar-refractivity contribution in [2.24, 2.45) is 0 Å². The highest BCUT2D eigenvalue weighted by Crippen LogP contribution is 2.22. The first-order valence-electron chi connectivity index (χ1n) is 10.6. The summed E-state index contributed by atoms with van der Waals surface area (Å²) < 4.78 is 26.9. The Bertz CT molecular complexity index is 1310. The first-order valence-corrected chi connectivity index (χ1v) is 10.6. The van der Waals surface area contributed by atoms with Crippen LogP contribution < -0.4 is 5.32 Å². The first-order chi connectivity index (χ1) is 15.6. The molecule has 0 saturated carbocycles. The van der Waals surface area contributed by atoms with Gasteiger partial charge in [-0.15, -0.1) is 0 Å². The predicted octanol–water partition coefficient (Wildman–Crippen LogP) is 4.56. The second-order valence-corrected chi connectivity index (χ2v) is 7.93. The molecule has 0 radical (unpaired) electrons. The highest BCUT2D eigenvalue weighted by molar-refractivity contribution is 5.95. The van der Waals surface area contributed by atoms with Gasteiger partial charge in [0.2, 0.25) is 0 Å². The number of amides is 1. The lowest BCUT2D eigenvalue weighted by molar-refractivity contribution is 0.0622. The van der Waals surface area contributed by atoms with Crippen LogP contribution in [0.15, 0.2) is 54.7 Å². The maximum Gasteiger partial charge on any atom is 0.272 e. The van der Waals surface area contributed by atoms with Gasteiger partial charge in [0.1, 0.15) is 11.5 Å². The molecule has 1 atom stereocenters. The van der Waals surface area contributed by atoms with Gasteiger partial charge in [0.05, 0.1) is 22.7 Å². The highest BCUT2D eigenvalue weighted by atomic mass is 19.2. The number of anilines is 1. The normalized spacial score (nSPS) is 16.4. The first kappa shape index (κ1) is 20.2. The summed E-state index contributed by atoms with van der Waals surface area (Å²) >= 11 is 0. The SMILES string of the molecule is O=C(c1ccc2ccccc2n1)N1CCCCC1CNc1cnc2cc(F)c(F)cc2n1. The van der Waals surface area contributed by atoms with Gasteiger partial charge in [-0.25, -0.2) is 18.7 Å². The molecule has 32 heavy (non-hydrogen) atoms. The summed E-state index contributed by atoms with van der Waals surface area (Å²) in [6, 6.07) is 13.4. The zero-order valence-corrected chi connectivity index (χ0v) is 17.3. The van der Waals surface area contributed by atoms with Crippen LogP contribution in [0.4, 0.5) is 14.6 Å². The number of carbonyl (C=O) groups excluding carboxylic acids is 1. The molecule has 0 aliphatic carbocycles. The van der Waals surface area contributed by atoms with Crippen LogP contribution in [0.25, 0.3) is 21.9 Å². The maximum absolute atomic E-state index is 13.5. The van der Waals surface area contributed by atoms with Gasteiger partial charge in [-0.2, -0.15) is 0 Å². The summed E-state index contributed by atoms with van der Waals surface area (Å²) in [5, 5.41) is 4.20. The van der Waals surface area contributed by atoms with Crippen molar-refractivity contribution in [3.8, 4) is 0 Å². The third-order valence-corrected chi connectivity index (χ3v) is 5.81. The van der Waals surface area contributed by atoms with E-state index >= 15 is 0 Å². The lowest BCUT2D eigenvalue weighted by Crippen LogP contribution is -2.47. The van der Waals surface area contributed by atoms with Gasteiger partial charge in [-0.05, 0) is 31.4 Å². The van der Waals surface area contributed by atoms with Crippen molar-refractivity contribution in [3.63, 3.8) is 0 Å². The van der Waals surface area contributed by atoms with Crippen molar-refractivity contribution < 1.29 is 13.6 Å². The van der Waals surface area contributed by atoms with Crippen LogP contribution in [0, 0.1) is 11.6 Å². The fraction of sp³-hybridized carbons (Fsp3) is 0.250. The molecular weight excluding hydrogens is 412 g/mol. The summed E-state index contributed by atoms with van der Waals surface area (Å²) in [6.07, 6.45) is 4.30. The third-order valence-electron chi connectivity index (χ3n) is 5.81. The summed E-state index contributed by atoms with van der Waals surface area (Å²) in [4.78, 5) is 28.1. The molecule has 2 aromatic heterocycles. The Balaban J connectivity index is 1.33. The Labute approximate surface area is 183 Å². The summed E-state index contributed by atoms with van der Waals surface area (Å²) in [5.41, 5.74) is 1.77. The van der Waals surface area contributed by atoms with Gasteiger partial charge in [0.15, 0.2) is 11.6 Å². The van der Waals surface area contributed by atoms with E-state index in [2.05, 4.69) is 20.3 Å². The molecular formula is C24H21F2N5O. The van der Waals surface area contributed by atoms with E-state index in [-0.39, 0.29) is 23.0 Å². The van der Waals surface area contributed by atoms with Gasteiger partial charge < -0.3 is 10.2 Å². The molecule has 0 bridgehead atoms. The van der Waals surface area contributed by atoms with Crippen molar-refractivity contribution in [1.29, 1.82) is 0 Å². The smallest absolute Gasteiger partial charge is 0.272 e. The van der Waals surface area contributed by atoms with E-state index in [1.807, 2.05) is 35.2 Å². The number of halogens is 2. The molecule has 162 valence electrons. The van der Waals surface area contributed by atoms with Crippen LogP contribution in [0.5, 0.6) is 0 Å². The zero-order chi connectivity index (χ0) is 22.1. The Kier molecular flexibility index (Phi) is 5.34. The number of fused-ring (bicyclic) bond motifs is 2. The number of aromatic nitrogens is 3. The summed E-state index contributed by atoms with van der Waals surface area (Å²) in [6.45, 7) is 1.14. The van der Waals surface area contributed by atoms with Gasteiger partial charge >= 0.3 is 0 Å². The number of carbonyl (C=O) groups is 1. The van der Waals surface area contributed by atoms with Crippen LogP contribution in [-0.2, 0) is 0 Å². The van der Waals surface area contributed by atoms with Gasteiger partial charge in [0, 0.05) is 36.7 Å². The molecule has 1 aliphatic rings. The number of likely N-dealkylation sites (tertiary alicyclic amines) is 1. The topological polar surface area (TPSA) is 71.0 Å². The monoisotopic (exact) mass is 433 g/mol. The number of para-hydroxylation sites is 1. The van der Waals surface area contributed by atoms with Crippen molar-refractivity contribution in [1.82, 2.24) is 19.9 Å². The molecule has 1 unspecified atom stereocenters. The minimum Gasteiger partial charge on any atom is -0.367 e. The summed E-state index contributed by atoms with van der Waals surface area (Å²) in [7, 11) is 0. The summed E-state index contributed by atoms with van der Waals surface area (Å²) in [5.74, 6) is -1.56. The molecule has 3 heterocycles. The van der Waals surface area contributed by atoms with Crippen LogP contribution in [-0.4, -0.2) is 44.9 Å². The van der Waals surface area contributed by atoms with E-state index in [0.29, 0.717) is 24.6 Å².